The maximum atomic E-state index is 11.4. The van der Waals surface area contributed by atoms with Crippen molar-refractivity contribution in [1.29, 1.82) is 0 Å². The number of ether oxygens (including phenoxy) is 2. The predicted molar refractivity (Wildman–Crippen MR) is 85.2 cm³/mol. The Balaban J connectivity index is 2.55. The van der Waals surface area contributed by atoms with Gasteiger partial charge in [0.25, 0.3) is 0 Å². The van der Waals surface area contributed by atoms with Gasteiger partial charge in [-0.2, -0.15) is 0 Å². The van der Waals surface area contributed by atoms with Gasteiger partial charge in [0.05, 0.1) is 13.7 Å². The van der Waals surface area contributed by atoms with E-state index in [0.717, 1.165) is 24.2 Å². The van der Waals surface area contributed by atoms with Crippen LogP contribution in [0.1, 0.15) is 38.2 Å². The van der Waals surface area contributed by atoms with Crippen molar-refractivity contribution in [2.45, 2.75) is 39.2 Å². The molecule has 5 heteroatoms. The zero-order valence-electron chi connectivity index (χ0n) is 12.8. The Morgan fingerprint density at radius 1 is 1.29 bits per heavy atom. The van der Waals surface area contributed by atoms with Gasteiger partial charge < -0.3 is 14.8 Å². The summed E-state index contributed by atoms with van der Waals surface area (Å²) in [4.78, 5) is 11.4. The third-order valence-corrected chi connectivity index (χ3v) is 3.23. The highest BCUT2D eigenvalue weighted by molar-refractivity contribution is 6.18. The first-order valence-corrected chi connectivity index (χ1v) is 7.87. The van der Waals surface area contributed by atoms with Crippen LogP contribution in [0.2, 0.25) is 0 Å². The fourth-order valence-corrected chi connectivity index (χ4v) is 2.02. The number of methoxy groups -OCH3 is 1. The van der Waals surface area contributed by atoms with Crippen LogP contribution in [0.15, 0.2) is 18.2 Å². The number of nitrogens with one attached hydrogen (secondary N) is 1. The third kappa shape index (κ3) is 6.71. The van der Waals surface area contributed by atoms with Crippen LogP contribution in [0.25, 0.3) is 0 Å². The number of carbonyl (C=O) groups is 1. The van der Waals surface area contributed by atoms with Gasteiger partial charge in [0.1, 0.15) is 0 Å². The highest BCUT2D eigenvalue weighted by Crippen LogP contribution is 2.28. The molecule has 118 valence electrons. The van der Waals surface area contributed by atoms with Crippen molar-refractivity contribution in [1.82, 2.24) is 5.32 Å². The summed E-state index contributed by atoms with van der Waals surface area (Å²) in [5.41, 5.74) is 0.968. The number of halogens is 1. The van der Waals surface area contributed by atoms with Crippen molar-refractivity contribution in [3.63, 3.8) is 0 Å². The van der Waals surface area contributed by atoms with Crippen molar-refractivity contribution in [3.8, 4) is 11.5 Å². The molecular weight excluding hydrogens is 290 g/mol. The molecule has 1 rings (SSSR count). The summed E-state index contributed by atoms with van der Waals surface area (Å²) in [6.07, 6.45) is 3.70. The number of hydrogen-bond donors (Lipinski definition) is 1. The van der Waals surface area contributed by atoms with E-state index in [2.05, 4.69) is 12.2 Å². The number of benzene rings is 1. The largest absolute Gasteiger partial charge is 0.493 e. The monoisotopic (exact) mass is 313 g/mol. The second kappa shape index (κ2) is 10.3. The molecule has 0 spiro atoms. The van der Waals surface area contributed by atoms with Crippen LogP contribution in [0.3, 0.4) is 0 Å². The van der Waals surface area contributed by atoms with Crippen molar-refractivity contribution >= 4 is 17.5 Å². The molecule has 0 aliphatic rings. The lowest BCUT2D eigenvalue weighted by Gasteiger charge is -2.12. The minimum Gasteiger partial charge on any atom is -0.493 e. The van der Waals surface area contributed by atoms with E-state index in [4.69, 9.17) is 21.1 Å². The van der Waals surface area contributed by atoms with Gasteiger partial charge in [-0.05, 0) is 24.1 Å². The first-order chi connectivity index (χ1) is 10.2. The molecule has 0 aromatic heterocycles. The summed E-state index contributed by atoms with van der Waals surface area (Å²) in [6.45, 7) is 3.31. The molecule has 1 aromatic carbocycles. The number of rotatable bonds is 10. The van der Waals surface area contributed by atoms with Gasteiger partial charge in [0.2, 0.25) is 5.91 Å². The third-order valence-electron chi connectivity index (χ3n) is 3.04. The standard InChI is InChI=1S/C16H24ClNO3/c1-3-4-5-10-21-14-7-6-13(11-15(14)20-2)12-18-16(19)8-9-17/h6-7,11H,3-5,8-10,12H2,1-2H3,(H,18,19). The number of carbonyl (C=O) groups excluding carboxylic acids is 1. The Hall–Kier alpha value is -1.42. The highest BCUT2D eigenvalue weighted by atomic mass is 35.5. The molecule has 1 aromatic rings. The molecule has 0 saturated carbocycles. The zero-order chi connectivity index (χ0) is 15.5. The van der Waals surface area contributed by atoms with E-state index >= 15 is 0 Å². The fourth-order valence-electron chi connectivity index (χ4n) is 1.85. The van der Waals surface area contributed by atoms with Crippen LogP contribution in [0.5, 0.6) is 11.5 Å². The molecule has 1 N–H and O–H groups in total. The maximum Gasteiger partial charge on any atom is 0.221 e. The second-order valence-electron chi connectivity index (χ2n) is 4.76. The Bertz CT molecular complexity index is 438. The molecule has 0 aliphatic carbocycles. The van der Waals surface area contributed by atoms with Gasteiger partial charge in [-0.3, -0.25) is 4.79 Å². The van der Waals surface area contributed by atoms with E-state index in [9.17, 15) is 4.79 Å². The van der Waals surface area contributed by atoms with E-state index in [1.807, 2.05) is 18.2 Å². The summed E-state index contributed by atoms with van der Waals surface area (Å²) in [6, 6.07) is 5.70. The highest BCUT2D eigenvalue weighted by Gasteiger charge is 2.07. The van der Waals surface area contributed by atoms with Crippen molar-refractivity contribution in [2.24, 2.45) is 0 Å². The minimum absolute atomic E-state index is 0.0520. The Morgan fingerprint density at radius 2 is 2.10 bits per heavy atom. The van der Waals surface area contributed by atoms with E-state index in [1.54, 1.807) is 7.11 Å². The van der Waals surface area contributed by atoms with E-state index < -0.39 is 0 Å². The number of amides is 1. The normalized spacial score (nSPS) is 10.2. The summed E-state index contributed by atoms with van der Waals surface area (Å²) >= 11 is 5.52. The molecule has 0 unspecified atom stereocenters. The van der Waals surface area contributed by atoms with Crippen LogP contribution in [-0.4, -0.2) is 25.5 Å². The molecule has 0 heterocycles. The Morgan fingerprint density at radius 3 is 2.76 bits per heavy atom. The molecular formula is C16H24ClNO3. The summed E-state index contributed by atoms with van der Waals surface area (Å²) < 4.78 is 11.1. The summed E-state index contributed by atoms with van der Waals surface area (Å²) in [5, 5.41) is 2.81. The molecule has 1 amide bonds. The van der Waals surface area contributed by atoms with Crippen LogP contribution < -0.4 is 14.8 Å². The molecule has 0 fully saturated rings. The predicted octanol–water partition coefficient (Wildman–Crippen LogP) is 3.51. The molecule has 0 aliphatic heterocycles. The lowest BCUT2D eigenvalue weighted by molar-refractivity contribution is -0.120. The molecule has 0 bridgehead atoms. The lowest BCUT2D eigenvalue weighted by atomic mass is 10.2. The van der Waals surface area contributed by atoms with Crippen molar-refractivity contribution < 1.29 is 14.3 Å². The van der Waals surface area contributed by atoms with Crippen LogP contribution in [0.4, 0.5) is 0 Å². The van der Waals surface area contributed by atoms with E-state index in [0.29, 0.717) is 31.2 Å². The summed E-state index contributed by atoms with van der Waals surface area (Å²) in [7, 11) is 1.62. The van der Waals surface area contributed by atoms with Crippen molar-refractivity contribution in [2.75, 3.05) is 19.6 Å². The number of hydrogen-bond acceptors (Lipinski definition) is 3. The fraction of sp³-hybridized carbons (Fsp3) is 0.562. The average molecular weight is 314 g/mol. The second-order valence-corrected chi connectivity index (χ2v) is 5.13. The number of unbranched alkanes of at least 4 members (excludes halogenated alkanes) is 2. The number of alkyl halides is 1. The van der Waals surface area contributed by atoms with Gasteiger partial charge in [-0.1, -0.05) is 25.8 Å². The zero-order valence-corrected chi connectivity index (χ0v) is 13.5. The quantitative estimate of drug-likeness (QED) is 0.531. The summed E-state index contributed by atoms with van der Waals surface area (Å²) in [5.74, 6) is 1.71. The molecule has 0 saturated heterocycles. The Labute approximate surface area is 131 Å². The van der Waals surface area contributed by atoms with Crippen LogP contribution in [0, 0.1) is 0 Å². The molecule has 4 nitrogen and oxygen atoms in total. The molecule has 21 heavy (non-hydrogen) atoms. The van der Waals surface area contributed by atoms with Gasteiger partial charge >= 0.3 is 0 Å². The first kappa shape index (κ1) is 17.6. The van der Waals surface area contributed by atoms with Crippen LogP contribution in [-0.2, 0) is 11.3 Å². The van der Waals surface area contributed by atoms with Crippen LogP contribution >= 0.6 is 11.6 Å². The van der Waals surface area contributed by atoms with E-state index in [1.165, 1.54) is 6.42 Å². The smallest absolute Gasteiger partial charge is 0.221 e. The van der Waals surface area contributed by atoms with E-state index in [-0.39, 0.29) is 5.91 Å². The molecule has 0 atom stereocenters. The van der Waals surface area contributed by atoms with Gasteiger partial charge in [0.15, 0.2) is 11.5 Å². The Kier molecular flexibility index (Phi) is 8.67. The first-order valence-electron chi connectivity index (χ1n) is 7.33. The minimum atomic E-state index is -0.0520. The maximum absolute atomic E-state index is 11.4. The SMILES string of the molecule is CCCCCOc1ccc(CNC(=O)CCCl)cc1OC. The molecule has 0 radical (unpaired) electrons. The van der Waals surface area contributed by atoms with Crippen molar-refractivity contribution in [3.05, 3.63) is 23.8 Å². The average Bonchev–Trinajstić information content (AvgIpc) is 2.50. The van der Waals surface area contributed by atoms with Gasteiger partial charge in [0, 0.05) is 18.8 Å². The lowest BCUT2D eigenvalue weighted by Crippen LogP contribution is -2.22. The van der Waals surface area contributed by atoms with Gasteiger partial charge in [-0.25, -0.2) is 0 Å². The topological polar surface area (TPSA) is 47.6 Å². The van der Waals surface area contributed by atoms with Gasteiger partial charge in [-0.15, -0.1) is 11.6 Å².